The molecule has 7 heteroatoms. The minimum Gasteiger partial charge on any atom is -0.348 e. The number of fused-ring (bicyclic) bond motifs is 1. The minimum absolute atomic E-state index is 0.0590. The number of aryl methyl sites for hydroxylation is 1. The topological polar surface area (TPSA) is 66.5 Å². The van der Waals surface area contributed by atoms with Gasteiger partial charge < -0.3 is 5.32 Å². The number of benzene rings is 2. The summed E-state index contributed by atoms with van der Waals surface area (Å²) in [5.41, 5.74) is 2.38. The van der Waals surface area contributed by atoms with Crippen LogP contribution < -0.4 is 5.32 Å². The van der Waals surface area contributed by atoms with Gasteiger partial charge in [0.2, 0.25) is 15.9 Å². The predicted octanol–water partition coefficient (Wildman–Crippen LogP) is 3.26. The lowest BCUT2D eigenvalue weighted by Crippen LogP contribution is -2.40. The molecule has 26 heavy (non-hydrogen) atoms. The lowest BCUT2D eigenvalue weighted by atomic mass is 9.88. The zero-order valence-electron chi connectivity index (χ0n) is 14.5. The SMILES string of the molecule is CN(CC(=O)NC1CCCc2ccccc21)S(=O)(=O)c1ccc(Br)cc1. The molecule has 0 aliphatic heterocycles. The molecule has 0 spiro atoms. The van der Waals surface area contributed by atoms with E-state index in [0.29, 0.717) is 0 Å². The highest BCUT2D eigenvalue weighted by molar-refractivity contribution is 9.10. The van der Waals surface area contributed by atoms with Crippen LogP contribution in [0.1, 0.15) is 30.0 Å². The van der Waals surface area contributed by atoms with Crippen molar-refractivity contribution >= 4 is 31.9 Å². The molecule has 2 aromatic rings. The molecule has 0 saturated heterocycles. The summed E-state index contributed by atoms with van der Waals surface area (Å²) >= 11 is 3.29. The number of nitrogens with zero attached hydrogens (tertiary/aromatic N) is 1. The summed E-state index contributed by atoms with van der Waals surface area (Å²) in [6.45, 7) is -0.211. The molecule has 3 rings (SSSR count). The molecule has 138 valence electrons. The van der Waals surface area contributed by atoms with Crippen molar-refractivity contribution in [1.82, 2.24) is 9.62 Å². The van der Waals surface area contributed by atoms with E-state index in [9.17, 15) is 13.2 Å². The van der Waals surface area contributed by atoms with Crippen LogP contribution in [-0.2, 0) is 21.2 Å². The van der Waals surface area contributed by atoms with Gasteiger partial charge in [-0.1, -0.05) is 40.2 Å². The van der Waals surface area contributed by atoms with Crippen LogP contribution in [0.4, 0.5) is 0 Å². The standard InChI is InChI=1S/C19H21BrN2O3S/c1-22(26(24,25)16-11-9-15(20)10-12-16)13-19(23)21-18-8-4-6-14-5-2-3-7-17(14)18/h2-3,5,7,9-12,18H,4,6,8,13H2,1H3,(H,21,23). The van der Waals surface area contributed by atoms with Gasteiger partial charge in [0.1, 0.15) is 0 Å². The van der Waals surface area contributed by atoms with Gasteiger partial charge in [-0.25, -0.2) is 8.42 Å². The van der Waals surface area contributed by atoms with E-state index in [0.717, 1.165) is 33.6 Å². The van der Waals surface area contributed by atoms with Gasteiger partial charge in [0.05, 0.1) is 17.5 Å². The second-order valence-electron chi connectivity index (χ2n) is 6.43. The molecule has 1 amide bonds. The average molecular weight is 437 g/mol. The van der Waals surface area contributed by atoms with Gasteiger partial charge in [0, 0.05) is 11.5 Å². The monoisotopic (exact) mass is 436 g/mol. The van der Waals surface area contributed by atoms with Crippen molar-refractivity contribution in [2.45, 2.75) is 30.2 Å². The molecule has 0 aromatic heterocycles. The molecule has 1 aliphatic rings. The number of hydrogen-bond donors (Lipinski definition) is 1. The third-order valence-electron chi connectivity index (χ3n) is 4.59. The summed E-state index contributed by atoms with van der Waals surface area (Å²) in [5, 5.41) is 2.99. The van der Waals surface area contributed by atoms with E-state index in [1.807, 2.05) is 18.2 Å². The highest BCUT2D eigenvalue weighted by atomic mass is 79.9. The van der Waals surface area contributed by atoms with Crippen molar-refractivity contribution in [2.75, 3.05) is 13.6 Å². The Morgan fingerprint density at radius 1 is 1.19 bits per heavy atom. The van der Waals surface area contributed by atoms with Crippen molar-refractivity contribution in [3.63, 3.8) is 0 Å². The number of nitrogens with one attached hydrogen (secondary N) is 1. The average Bonchev–Trinajstić information content (AvgIpc) is 2.62. The van der Waals surface area contributed by atoms with Gasteiger partial charge >= 0.3 is 0 Å². The van der Waals surface area contributed by atoms with Crippen LogP contribution in [-0.4, -0.2) is 32.2 Å². The van der Waals surface area contributed by atoms with E-state index in [4.69, 9.17) is 0 Å². The van der Waals surface area contributed by atoms with E-state index >= 15 is 0 Å². The minimum atomic E-state index is -3.70. The number of halogens is 1. The van der Waals surface area contributed by atoms with Crippen molar-refractivity contribution < 1.29 is 13.2 Å². The molecule has 1 unspecified atom stereocenters. The maximum Gasteiger partial charge on any atom is 0.243 e. The molecule has 0 radical (unpaired) electrons. The Balaban J connectivity index is 1.67. The van der Waals surface area contributed by atoms with Crippen molar-refractivity contribution in [2.24, 2.45) is 0 Å². The van der Waals surface area contributed by atoms with Crippen molar-refractivity contribution in [3.8, 4) is 0 Å². The molecule has 1 aliphatic carbocycles. The summed E-state index contributed by atoms with van der Waals surface area (Å²) in [7, 11) is -2.28. The first kappa shape index (κ1) is 19.1. The maximum absolute atomic E-state index is 12.6. The molecule has 2 aromatic carbocycles. The number of carbonyl (C=O) groups excluding carboxylic acids is 1. The summed E-state index contributed by atoms with van der Waals surface area (Å²) in [6.07, 6.45) is 2.89. The summed E-state index contributed by atoms with van der Waals surface area (Å²) in [5.74, 6) is -0.296. The quantitative estimate of drug-likeness (QED) is 0.781. The van der Waals surface area contributed by atoms with Crippen LogP contribution in [0.25, 0.3) is 0 Å². The molecule has 0 fully saturated rings. The highest BCUT2D eigenvalue weighted by Crippen LogP contribution is 2.29. The summed E-state index contributed by atoms with van der Waals surface area (Å²) in [6, 6.07) is 14.4. The Morgan fingerprint density at radius 3 is 2.62 bits per heavy atom. The second-order valence-corrected chi connectivity index (χ2v) is 9.39. The molecular formula is C19H21BrN2O3S. The van der Waals surface area contributed by atoms with Crippen molar-refractivity contribution in [1.29, 1.82) is 0 Å². The first-order chi connectivity index (χ1) is 12.4. The Kier molecular flexibility index (Phi) is 5.79. The zero-order valence-corrected chi connectivity index (χ0v) is 16.9. The van der Waals surface area contributed by atoms with Crippen LogP contribution in [0, 0.1) is 0 Å². The molecular weight excluding hydrogens is 416 g/mol. The molecule has 0 saturated carbocycles. The zero-order chi connectivity index (χ0) is 18.7. The summed E-state index contributed by atoms with van der Waals surface area (Å²) in [4.78, 5) is 12.6. The van der Waals surface area contributed by atoms with Gasteiger partial charge in [0.25, 0.3) is 0 Å². The Labute approximate surface area is 162 Å². The smallest absolute Gasteiger partial charge is 0.243 e. The van der Waals surface area contributed by atoms with Gasteiger partial charge in [-0.05, 0) is 54.7 Å². The largest absolute Gasteiger partial charge is 0.348 e. The fraction of sp³-hybridized carbons (Fsp3) is 0.316. The number of rotatable bonds is 5. The molecule has 5 nitrogen and oxygen atoms in total. The third kappa shape index (κ3) is 4.16. The van der Waals surface area contributed by atoms with E-state index in [2.05, 4.69) is 27.3 Å². The Morgan fingerprint density at radius 2 is 1.88 bits per heavy atom. The van der Waals surface area contributed by atoms with Gasteiger partial charge in [-0.2, -0.15) is 4.31 Å². The molecule has 1 atom stereocenters. The van der Waals surface area contributed by atoms with E-state index < -0.39 is 10.0 Å². The van der Waals surface area contributed by atoms with Gasteiger partial charge in [-0.3, -0.25) is 4.79 Å². The van der Waals surface area contributed by atoms with E-state index in [1.165, 1.54) is 24.7 Å². The predicted molar refractivity (Wildman–Crippen MR) is 104 cm³/mol. The molecule has 0 bridgehead atoms. The Bertz CT molecular complexity index is 897. The summed E-state index contributed by atoms with van der Waals surface area (Å²) < 4.78 is 27.1. The fourth-order valence-electron chi connectivity index (χ4n) is 3.22. The number of hydrogen-bond acceptors (Lipinski definition) is 3. The first-order valence-electron chi connectivity index (χ1n) is 8.47. The lowest BCUT2D eigenvalue weighted by Gasteiger charge is -2.27. The number of likely N-dealkylation sites (N-methyl/N-ethyl adjacent to an activating group) is 1. The van der Waals surface area contributed by atoms with Crippen LogP contribution in [0.2, 0.25) is 0 Å². The van der Waals surface area contributed by atoms with Crippen molar-refractivity contribution in [3.05, 3.63) is 64.1 Å². The third-order valence-corrected chi connectivity index (χ3v) is 6.94. The Hall–Kier alpha value is -1.70. The van der Waals surface area contributed by atoms with Gasteiger partial charge in [-0.15, -0.1) is 0 Å². The fourth-order valence-corrected chi connectivity index (χ4v) is 4.61. The molecule has 1 N–H and O–H groups in total. The second kappa shape index (κ2) is 7.90. The van der Waals surface area contributed by atoms with Crippen LogP contribution in [0.5, 0.6) is 0 Å². The maximum atomic E-state index is 12.6. The lowest BCUT2D eigenvalue weighted by molar-refractivity contribution is -0.122. The van der Waals surface area contributed by atoms with Crippen LogP contribution in [0.15, 0.2) is 57.9 Å². The number of amides is 1. The highest BCUT2D eigenvalue weighted by Gasteiger charge is 2.26. The normalized spacial score (nSPS) is 17.0. The van der Waals surface area contributed by atoms with E-state index in [-0.39, 0.29) is 23.4 Å². The van der Waals surface area contributed by atoms with Crippen LogP contribution >= 0.6 is 15.9 Å². The van der Waals surface area contributed by atoms with E-state index in [1.54, 1.807) is 12.1 Å². The molecule has 0 heterocycles. The first-order valence-corrected chi connectivity index (χ1v) is 10.7. The van der Waals surface area contributed by atoms with Crippen LogP contribution in [0.3, 0.4) is 0 Å². The number of sulfonamides is 1. The number of carbonyl (C=O) groups is 1. The van der Waals surface area contributed by atoms with Gasteiger partial charge in [0.15, 0.2) is 0 Å².